The van der Waals surface area contributed by atoms with Crippen LogP contribution in [0.25, 0.3) is 0 Å². The van der Waals surface area contributed by atoms with Crippen LogP contribution in [0.5, 0.6) is 11.5 Å². The Balaban J connectivity index is 1.83. The van der Waals surface area contributed by atoms with Gasteiger partial charge >= 0.3 is 5.97 Å². The summed E-state index contributed by atoms with van der Waals surface area (Å²) in [4.78, 5) is 13.9. The molecule has 6 heteroatoms. The fraction of sp³-hybridized carbons (Fsp3) is 0.381. The Bertz CT molecular complexity index is 784. The van der Waals surface area contributed by atoms with Crippen LogP contribution in [0.2, 0.25) is 0 Å². The number of carboxylic acid groups (broad SMARTS) is 1. The smallest absolute Gasteiger partial charge is 0.325 e. The van der Waals surface area contributed by atoms with E-state index in [-0.39, 0.29) is 0 Å². The van der Waals surface area contributed by atoms with Crippen LogP contribution in [0.15, 0.2) is 48.5 Å². The lowest BCUT2D eigenvalue weighted by Gasteiger charge is -2.41. The third kappa shape index (κ3) is 3.91. The molecule has 0 radical (unpaired) electrons. The molecule has 1 fully saturated rings. The summed E-state index contributed by atoms with van der Waals surface area (Å²) >= 11 is 0. The van der Waals surface area contributed by atoms with Crippen LogP contribution in [0.4, 0.5) is 0 Å². The fourth-order valence-electron chi connectivity index (χ4n) is 3.72. The molecular formula is C21H25NO5. The zero-order valence-electron chi connectivity index (χ0n) is 15.6. The number of carbonyl (C=O) groups is 1. The molecule has 2 aromatic carbocycles. The number of ether oxygens (including phenoxy) is 2. The van der Waals surface area contributed by atoms with Crippen LogP contribution in [-0.4, -0.2) is 48.4 Å². The molecule has 1 saturated heterocycles. The van der Waals surface area contributed by atoms with Gasteiger partial charge in [0.1, 0.15) is 17.5 Å². The normalized spacial score (nSPS) is 17.9. The molecule has 6 nitrogen and oxygen atoms in total. The van der Waals surface area contributed by atoms with Gasteiger partial charge in [-0.2, -0.15) is 0 Å². The molecule has 0 unspecified atom stereocenters. The van der Waals surface area contributed by atoms with Crippen LogP contribution in [0.1, 0.15) is 30.0 Å². The van der Waals surface area contributed by atoms with E-state index < -0.39 is 17.6 Å². The van der Waals surface area contributed by atoms with E-state index in [0.717, 1.165) is 5.56 Å². The highest BCUT2D eigenvalue weighted by atomic mass is 16.5. The maximum absolute atomic E-state index is 12.1. The number of carboxylic acids is 1. The summed E-state index contributed by atoms with van der Waals surface area (Å²) in [6, 6.07) is 13.9. The average Bonchev–Trinajstić information content (AvgIpc) is 2.70. The Morgan fingerprint density at radius 1 is 1.07 bits per heavy atom. The van der Waals surface area contributed by atoms with Gasteiger partial charge in [-0.3, -0.25) is 9.69 Å². The van der Waals surface area contributed by atoms with Crippen molar-refractivity contribution in [3.8, 4) is 11.5 Å². The van der Waals surface area contributed by atoms with E-state index in [2.05, 4.69) is 0 Å². The van der Waals surface area contributed by atoms with E-state index in [1.165, 1.54) is 7.11 Å². The monoisotopic (exact) mass is 371 g/mol. The summed E-state index contributed by atoms with van der Waals surface area (Å²) in [7, 11) is 3.07. The molecule has 3 rings (SSSR count). The Hall–Kier alpha value is -2.57. The largest absolute Gasteiger partial charge is 0.497 e. The van der Waals surface area contributed by atoms with Gasteiger partial charge in [-0.25, -0.2) is 0 Å². The van der Waals surface area contributed by atoms with Gasteiger partial charge in [0.05, 0.1) is 19.8 Å². The first kappa shape index (κ1) is 19.2. The Morgan fingerprint density at radius 2 is 1.74 bits per heavy atom. The van der Waals surface area contributed by atoms with Gasteiger partial charge in [0.2, 0.25) is 0 Å². The van der Waals surface area contributed by atoms with Crippen molar-refractivity contribution in [3.63, 3.8) is 0 Å². The summed E-state index contributed by atoms with van der Waals surface area (Å²) in [6.45, 7) is 0.940. The second kappa shape index (κ2) is 7.98. The quantitative estimate of drug-likeness (QED) is 0.813. The number of rotatable bonds is 6. The number of aliphatic hydroxyl groups is 1. The molecule has 0 spiro atoms. The van der Waals surface area contributed by atoms with Gasteiger partial charge in [-0.1, -0.05) is 30.3 Å². The van der Waals surface area contributed by atoms with E-state index in [9.17, 15) is 15.0 Å². The van der Waals surface area contributed by atoms with Crippen LogP contribution >= 0.6 is 0 Å². The minimum absolute atomic E-state index is 0.470. The van der Waals surface area contributed by atoms with Crippen molar-refractivity contribution in [1.82, 2.24) is 4.90 Å². The molecule has 1 heterocycles. The SMILES string of the molecule is COc1ccc([C@@H](C(=O)O)N2CCC(O)(c3ccccc3)CC2)c(OC)c1. The van der Waals surface area contributed by atoms with Crippen molar-refractivity contribution >= 4 is 5.97 Å². The van der Waals surface area contributed by atoms with Gasteiger partial charge in [-0.05, 0) is 30.5 Å². The number of nitrogens with zero attached hydrogens (tertiary/aromatic N) is 1. The van der Waals surface area contributed by atoms with Crippen molar-refractivity contribution in [1.29, 1.82) is 0 Å². The molecule has 0 amide bonds. The molecule has 0 aliphatic carbocycles. The van der Waals surface area contributed by atoms with Crippen LogP contribution in [0, 0.1) is 0 Å². The van der Waals surface area contributed by atoms with E-state index in [1.807, 2.05) is 35.2 Å². The van der Waals surface area contributed by atoms with E-state index in [1.54, 1.807) is 25.3 Å². The number of hydrogen-bond donors (Lipinski definition) is 2. The first-order valence-corrected chi connectivity index (χ1v) is 8.95. The molecule has 27 heavy (non-hydrogen) atoms. The Labute approximate surface area is 159 Å². The number of hydrogen-bond acceptors (Lipinski definition) is 5. The minimum Gasteiger partial charge on any atom is -0.497 e. The predicted octanol–water partition coefficient (Wildman–Crippen LogP) is 2.81. The molecule has 1 atom stereocenters. The molecule has 2 aromatic rings. The average molecular weight is 371 g/mol. The molecule has 1 aliphatic rings. The summed E-state index contributed by atoms with van der Waals surface area (Å²) < 4.78 is 10.6. The van der Waals surface area contributed by atoms with Gasteiger partial charge in [0.15, 0.2) is 0 Å². The topological polar surface area (TPSA) is 79.2 Å². The van der Waals surface area contributed by atoms with E-state index in [4.69, 9.17) is 9.47 Å². The first-order valence-electron chi connectivity index (χ1n) is 8.95. The molecular weight excluding hydrogens is 346 g/mol. The summed E-state index contributed by atoms with van der Waals surface area (Å²) in [5, 5.41) is 20.9. The predicted molar refractivity (Wildman–Crippen MR) is 101 cm³/mol. The van der Waals surface area contributed by atoms with Gasteiger partial charge in [0, 0.05) is 24.7 Å². The zero-order valence-corrected chi connectivity index (χ0v) is 15.6. The maximum Gasteiger partial charge on any atom is 0.325 e. The Morgan fingerprint density at radius 3 is 2.30 bits per heavy atom. The second-order valence-corrected chi connectivity index (χ2v) is 6.78. The highest BCUT2D eigenvalue weighted by molar-refractivity contribution is 5.77. The zero-order chi connectivity index (χ0) is 19.4. The molecule has 1 aliphatic heterocycles. The standard InChI is InChI=1S/C21H25NO5/c1-26-16-8-9-17(18(14-16)27-2)19(20(23)24)22-12-10-21(25,11-13-22)15-6-4-3-5-7-15/h3-9,14,19,25H,10-13H2,1-2H3,(H,23,24)/t19-/m0/s1. The van der Waals surface area contributed by atoms with E-state index in [0.29, 0.717) is 43.0 Å². The molecule has 2 N–H and O–H groups in total. The molecule has 0 aromatic heterocycles. The summed E-state index contributed by atoms with van der Waals surface area (Å²) in [5.74, 6) is 0.145. The van der Waals surface area contributed by atoms with Crippen LogP contribution in [0.3, 0.4) is 0 Å². The lowest BCUT2D eigenvalue weighted by Crippen LogP contribution is -2.46. The lowest BCUT2D eigenvalue weighted by atomic mass is 9.83. The van der Waals surface area contributed by atoms with Crippen molar-refractivity contribution in [2.75, 3.05) is 27.3 Å². The van der Waals surface area contributed by atoms with Crippen molar-refractivity contribution < 1.29 is 24.5 Å². The highest BCUT2D eigenvalue weighted by Gasteiger charge is 2.39. The second-order valence-electron chi connectivity index (χ2n) is 6.78. The fourth-order valence-corrected chi connectivity index (χ4v) is 3.72. The Kier molecular flexibility index (Phi) is 5.68. The van der Waals surface area contributed by atoms with Gasteiger partial charge < -0.3 is 19.7 Å². The van der Waals surface area contributed by atoms with E-state index >= 15 is 0 Å². The minimum atomic E-state index is -0.941. The number of piperidine rings is 1. The number of likely N-dealkylation sites (tertiary alicyclic amines) is 1. The van der Waals surface area contributed by atoms with Crippen molar-refractivity contribution in [3.05, 3.63) is 59.7 Å². The van der Waals surface area contributed by atoms with Crippen LogP contribution in [-0.2, 0) is 10.4 Å². The van der Waals surface area contributed by atoms with Crippen molar-refractivity contribution in [2.45, 2.75) is 24.5 Å². The first-order chi connectivity index (χ1) is 13.0. The third-order valence-electron chi connectivity index (χ3n) is 5.27. The van der Waals surface area contributed by atoms with Gasteiger partial charge in [0.25, 0.3) is 0 Å². The highest BCUT2D eigenvalue weighted by Crippen LogP contribution is 2.38. The number of benzene rings is 2. The third-order valence-corrected chi connectivity index (χ3v) is 5.27. The maximum atomic E-state index is 12.1. The van der Waals surface area contributed by atoms with Crippen molar-refractivity contribution in [2.24, 2.45) is 0 Å². The van der Waals surface area contributed by atoms with Gasteiger partial charge in [-0.15, -0.1) is 0 Å². The number of methoxy groups -OCH3 is 2. The summed E-state index contributed by atoms with van der Waals surface area (Å²) in [6.07, 6.45) is 0.943. The molecule has 144 valence electrons. The molecule has 0 bridgehead atoms. The number of aliphatic carboxylic acids is 1. The summed E-state index contributed by atoms with van der Waals surface area (Å²) in [5.41, 5.74) is 0.527. The van der Waals surface area contributed by atoms with Crippen LogP contribution < -0.4 is 9.47 Å². The molecule has 0 saturated carbocycles. The lowest BCUT2D eigenvalue weighted by molar-refractivity contribution is -0.146.